The Kier molecular flexibility index (Phi) is 3.96. The fourth-order valence-electron chi connectivity index (χ4n) is 2.61. The zero-order valence-corrected chi connectivity index (χ0v) is 12.8. The monoisotopic (exact) mass is 297 g/mol. The minimum atomic E-state index is 0.0308. The first-order valence-corrected chi connectivity index (χ1v) is 7.28. The lowest BCUT2D eigenvalue weighted by Crippen LogP contribution is -2.31. The summed E-state index contributed by atoms with van der Waals surface area (Å²) in [7, 11) is 1.65. The average Bonchev–Trinajstić information content (AvgIpc) is 2.89. The highest BCUT2D eigenvalue weighted by Gasteiger charge is 2.29. The van der Waals surface area contributed by atoms with Gasteiger partial charge < -0.3 is 9.64 Å². The van der Waals surface area contributed by atoms with Crippen LogP contribution in [0.4, 0.5) is 10.5 Å². The number of nitrogens with zero attached hydrogens (tertiary/aromatic N) is 3. The van der Waals surface area contributed by atoms with Gasteiger partial charge in [0.2, 0.25) is 0 Å². The Balaban J connectivity index is 1.70. The average molecular weight is 297 g/mol. The molecule has 1 fully saturated rings. The number of carbonyl (C=O) groups excluding carboxylic acids is 1. The van der Waals surface area contributed by atoms with Crippen LogP contribution in [0, 0.1) is 6.92 Å². The van der Waals surface area contributed by atoms with E-state index in [-0.39, 0.29) is 6.03 Å². The van der Waals surface area contributed by atoms with E-state index in [0.717, 1.165) is 29.1 Å². The van der Waals surface area contributed by atoms with E-state index in [9.17, 15) is 4.79 Å². The number of anilines is 1. The van der Waals surface area contributed by atoms with Crippen LogP contribution >= 0.6 is 0 Å². The number of rotatable bonds is 4. The van der Waals surface area contributed by atoms with Crippen molar-refractivity contribution in [1.29, 1.82) is 0 Å². The van der Waals surface area contributed by atoms with Crippen LogP contribution in [-0.2, 0) is 6.54 Å². The quantitative estimate of drug-likeness (QED) is 0.871. The Morgan fingerprint density at radius 3 is 2.64 bits per heavy atom. The summed E-state index contributed by atoms with van der Waals surface area (Å²) in [6, 6.07) is 9.83. The van der Waals surface area contributed by atoms with E-state index in [1.54, 1.807) is 24.4 Å². The number of amides is 2. The smallest absolute Gasteiger partial charge is 0.324 e. The molecule has 0 spiro atoms. The molecule has 0 saturated carbocycles. The van der Waals surface area contributed by atoms with E-state index in [0.29, 0.717) is 13.1 Å². The van der Waals surface area contributed by atoms with Crippen LogP contribution in [0.2, 0.25) is 0 Å². The number of pyridine rings is 1. The Morgan fingerprint density at radius 1 is 1.18 bits per heavy atom. The lowest BCUT2D eigenvalue weighted by Gasteiger charge is -2.19. The predicted molar refractivity (Wildman–Crippen MR) is 85.1 cm³/mol. The van der Waals surface area contributed by atoms with Crippen LogP contribution in [0.3, 0.4) is 0 Å². The number of urea groups is 1. The van der Waals surface area contributed by atoms with Crippen LogP contribution in [-0.4, -0.2) is 36.1 Å². The summed E-state index contributed by atoms with van der Waals surface area (Å²) in [6.45, 7) is 4.00. The SMILES string of the molecule is COc1ccc(CN2CCN(c3cncc(C)c3)C2=O)cc1. The highest BCUT2D eigenvalue weighted by Crippen LogP contribution is 2.22. The Bertz CT molecular complexity index is 670. The number of benzene rings is 1. The number of hydrogen-bond donors (Lipinski definition) is 0. The molecule has 2 aromatic rings. The minimum absolute atomic E-state index is 0.0308. The van der Waals surface area contributed by atoms with Crippen molar-refractivity contribution in [2.75, 3.05) is 25.1 Å². The lowest BCUT2D eigenvalue weighted by molar-refractivity contribution is 0.219. The molecule has 3 rings (SSSR count). The summed E-state index contributed by atoms with van der Waals surface area (Å²) in [5, 5.41) is 0. The molecule has 2 amide bonds. The lowest BCUT2D eigenvalue weighted by atomic mass is 10.2. The molecule has 1 aromatic heterocycles. The Morgan fingerprint density at radius 2 is 1.95 bits per heavy atom. The summed E-state index contributed by atoms with van der Waals surface area (Å²) >= 11 is 0. The Labute approximate surface area is 130 Å². The summed E-state index contributed by atoms with van der Waals surface area (Å²) in [4.78, 5) is 20.3. The van der Waals surface area contributed by atoms with E-state index in [1.165, 1.54) is 0 Å². The van der Waals surface area contributed by atoms with Crippen LogP contribution in [0.15, 0.2) is 42.7 Å². The van der Waals surface area contributed by atoms with Gasteiger partial charge in [-0.2, -0.15) is 0 Å². The van der Waals surface area contributed by atoms with Crippen molar-refractivity contribution < 1.29 is 9.53 Å². The van der Waals surface area contributed by atoms with E-state index >= 15 is 0 Å². The van der Waals surface area contributed by atoms with Gasteiger partial charge in [-0.15, -0.1) is 0 Å². The van der Waals surface area contributed by atoms with Crippen molar-refractivity contribution in [1.82, 2.24) is 9.88 Å². The maximum atomic E-state index is 12.5. The number of methoxy groups -OCH3 is 1. The largest absolute Gasteiger partial charge is 0.497 e. The summed E-state index contributed by atoms with van der Waals surface area (Å²) in [6.07, 6.45) is 3.53. The second-order valence-electron chi connectivity index (χ2n) is 5.42. The number of aryl methyl sites for hydroxylation is 1. The summed E-state index contributed by atoms with van der Waals surface area (Å²) < 4.78 is 5.15. The first-order valence-electron chi connectivity index (χ1n) is 7.28. The molecule has 2 heterocycles. The van der Waals surface area contributed by atoms with E-state index < -0.39 is 0 Å². The van der Waals surface area contributed by atoms with Crippen LogP contribution in [0.5, 0.6) is 5.75 Å². The van der Waals surface area contributed by atoms with Gasteiger partial charge in [-0.05, 0) is 36.2 Å². The molecule has 5 nitrogen and oxygen atoms in total. The third kappa shape index (κ3) is 2.88. The van der Waals surface area contributed by atoms with E-state index in [2.05, 4.69) is 4.98 Å². The molecule has 22 heavy (non-hydrogen) atoms. The number of carbonyl (C=O) groups is 1. The summed E-state index contributed by atoms with van der Waals surface area (Å²) in [5.41, 5.74) is 3.01. The topological polar surface area (TPSA) is 45.7 Å². The highest BCUT2D eigenvalue weighted by atomic mass is 16.5. The predicted octanol–water partition coefficient (Wildman–Crippen LogP) is 2.84. The normalized spacial score (nSPS) is 14.5. The molecular formula is C17H19N3O2. The minimum Gasteiger partial charge on any atom is -0.497 e. The van der Waals surface area contributed by atoms with Gasteiger partial charge in [0.25, 0.3) is 0 Å². The van der Waals surface area contributed by atoms with Gasteiger partial charge in [0, 0.05) is 25.8 Å². The van der Waals surface area contributed by atoms with Crippen molar-refractivity contribution in [2.24, 2.45) is 0 Å². The molecule has 0 radical (unpaired) electrons. The van der Waals surface area contributed by atoms with Gasteiger partial charge in [-0.1, -0.05) is 12.1 Å². The Hall–Kier alpha value is -2.56. The molecule has 1 aliphatic heterocycles. The third-order valence-electron chi connectivity index (χ3n) is 3.80. The van der Waals surface area contributed by atoms with E-state index in [4.69, 9.17) is 4.74 Å². The number of ether oxygens (including phenoxy) is 1. The van der Waals surface area contributed by atoms with Crippen LogP contribution in [0.25, 0.3) is 0 Å². The first-order chi connectivity index (χ1) is 10.7. The first kappa shape index (κ1) is 14.4. The van der Waals surface area contributed by atoms with Crippen molar-refractivity contribution in [2.45, 2.75) is 13.5 Å². The van der Waals surface area contributed by atoms with E-state index in [1.807, 2.05) is 42.2 Å². The van der Waals surface area contributed by atoms with Gasteiger partial charge in [0.05, 0.1) is 19.0 Å². The van der Waals surface area contributed by atoms with Crippen LogP contribution < -0.4 is 9.64 Å². The fraction of sp³-hybridized carbons (Fsp3) is 0.294. The molecule has 1 aromatic carbocycles. The number of aromatic nitrogens is 1. The zero-order chi connectivity index (χ0) is 15.5. The maximum absolute atomic E-state index is 12.5. The molecule has 1 saturated heterocycles. The molecule has 0 aliphatic carbocycles. The molecule has 5 heteroatoms. The van der Waals surface area contributed by atoms with Crippen molar-refractivity contribution in [3.8, 4) is 5.75 Å². The number of hydrogen-bond acceptors (Lipinski definition) is 3. The zero-order valence-electron chi connectivity index (χ0n) is 12.8. The highest BCUT2D eigenvalue weighted by molar-refractivity contribution is 5.94. The van der Waals surface area contributed by atoms with Crippen LogP contribution in [0.1, 0.15) is 11.1 Å². The molecule has 0 atom stereocenters. The second kappa shape index (κ2) is 6.05. The van der Waals surface area contributed by atoms with Gasteiger partial charge >= 0.3 is 6.03 Å². The maximum Gasteiger partial charge on any atom is 0.324 e. The van der Waals surface area contributed by atoms with Gasteiger partial charge in [-0.25, -0.2) is 4.79 Å². The van der Waals surface area contributed by atoms with Crippen molar-refractivity contribution in [3.05, 3.63) is 53.9 Å². The van der Waals surface area contributed by atoms with Gasteiger partial charge in [-0.3, -0.25) is 9.88 Å². The summed E-state index contributed by atoms with van der Waals surface area (Å²) in [5.74, 6) is 0.823. The second-order valence-corrected chi connectivity index (χ2v) is 5.42. The van der Waals surface area contributed by atoms with Gasteiger partial charge in [0.1, 0.15) is 5.75 Å². The molecular weight excluding hydrogens is 278 g/mol. The molecule has 114 valence electrons. The molecule has 1 aliphatic rings. The van der Waals surface area contributed by atoms with Crippen molar-refractivity contribution in [3.63, 3.8) is 0 Å². The van der Waals surface area contributed by atoms with Crippen molar-refractivity contribution >= 4 is 11.7 Å². The molecule has 0 bridgehead atoms. The standard InChI is InChI=1S/C17H19N3O2/c1-13-9-15(11-18-10-13)20-8-7-19(17(20)21)12-14-3-5-16(22-2)6-4-14/h3-6,9-11H,7-8,12H2,1-2H3. The van der Waals surface area contributed by atoms with Gasteiger partial charge in [0.15, 0.2) is 0 Å². The third-order valence-corrected chi connectivity index (χ3v) is 3.80. The molecule has 0 unspecified atom stereocenters. The fourth-order valence-corrected chi connectivity index (χ4v) is 2.61. The molecule has 0 N–H and O–H groups in total.